The molecule has 134 valence electrons. The molecule has 6 heteroatoms. The summed E-state index contributed by atoms with van der Waals surface area (Å²) in [6, 6.07) is 17.5. The molecule has 0 atom stereocenters. The zero-order valence-corrected chi connectivity index (χ0v) is 16.3. The minimum absolute atomic E-state index is 0.711. The summed E-state index contributed by atoms with van der Waals surface area (Å²) in [5, 5.41) is 3.34. The number of benzene rings is 2. The highest BCUT2D eigenvalue weighted by atomic mass is 79.9. The van der Waals surface area contributed by atoms with Crippen molar-refractivity contribution in [1.29, 1.82) is 0 Å². The molecule has 2 aromatic carbocycles. The average molecular weight is 421 g/mol. The maximum Gasteiger partial charge on any atom is 0.208 e. The van der Waals surface area contributed by atoms with Gasteiger partial charge in [0.25, 0.3) is 0 Å². The third kappa shape index (κ3) is 3.71. The van der Waals surface area contributed by atoms with Crippen molar-refractivity contribution < 1.29 is 4.74 Å². The minimum Gasteiger partial charge on any atom is -0.457 e. The Hall–Kier alpha value is -3.12. The zero-order chi connectivity index (χ0) is 18.8. The number of aromatic nitrogens is 3. The Morgan fingerprint density at radius 3 is 2.63 bits per heavy atom. The van der Waals surface area contributed by atoms with Crippen molar-refractivity contribution in [3.63, 3.8) is 0 Å². The number of pyridine rings is 1. The Labute approximate surface area is 165 Å². The second-order valence-corrected chi connectivity index (χ2v) is 6.92. The van der Waals surface area contributed by atoms with Crippen LogP contribution >= 0.6 is 15.9 Å². The lowest BCUT2D eigenvalue weighted by Crippen LogP contribution is -1.98. The number of hydrogen-bond donors (Lipinski definition) is 1. The number of fused-ring (bicyclic) bond motifs is 1. The molecule has 0 bridgehead atoms. The van der Waals surface area contributed by atoms with Crippen LogP contribution in [0.25, 0.3) is 17.1 Å². The molecule has 4 rings (SSSR count). The van der Waals surface area contributed by atoms with Crippen LogP contribution in [0.2, 0.25) is 0 Å². The van der Waals surface area contributed by atoms with Crippen molar-refractivity contribution in [3.05, 3.63) is 77.5 Å². The van der Waals surface area contributed by atoms with Crippen molar-refractivity contribution >= 4 is 44.7 Å². The van der Waals surface area contributed by atoms with Crippen LogP contribution in [-0.2, 0) is 7.05 Å². The Morgan fingerprint density at radius 2 is 1.85 bits per heavy atom. The summed E-state index contributed by atoms with van der Waals surface area (Å²) in [7, 11) is 1.98. The lowest BCUT2D eigenvalue weighted by atomic mass is 10.3. The van der Waals surface area contributed by atoms with Gasteiger partial charge in [-0.1, -0.05) is 22.5 Å². The molecule has 0 saturated carbocycles. The summed E-state index contributed by atoms with van der Waals surface area (Å²) in [6.07, 6.45) is 3.39. The SMILES string of the molecule is C=Cc1cc(Oc2ccc3c(c2)nc(Nc2ccc(Br)cc2)n3C)ccn1. The number of nitrogens with one attached hydrogen (secondary N) is 1. The second kappa shape index (κ2) is 7.25. The molecule has 4 aromatic rings. The molecular weight excluding hydrogens is 404 g/mol. The highest BCUT2D eigenvalue weighted by Crippen LogP contribution is 2.28. The minimum atomic E-state index is 0.711. The number of hydrogen-bond acceptors (Lipinski definition) is 4. The Balaban J connectivity index is 1.62. The van der Waals surface area contributed by atoms with Crippen LogP contribution in [0.1, 0.15) is 5.69 Å². The second-order valence-electron chi connectivity index (χ2n) is 6.00. The molecule has 0 saturated heterocycles. The largest absolute Gasteiger partial charge is 0.457 e. The van der Waals surface area contributed by atoms with Gasteiger partial charge in [0.2, 0.25) is 5.95 Å². The molecule has 0 spiro atoms. The lowest BCUT2D eigenvalue weighted by Gasteiger charge is -2.07. The molecule has 2 aromatic heterocycles. The first-order valence-corrected chi connectivity index (χ1v) is 9.17. The van der Waals surface area contributed by atoms with Gasteiger partial charge in [-0.05, 0) is 48.5 Å². The van der Waals surface area contributed by atoms with Gasteiger partial charge in [0.15, 0.2) is 0 Å². The van der Waals surface area contributed by atoms with Crippen molar-refractivity contribution in [2.75, 3.05) is 5.32 Å². The lowest BCUT2D eigenvalue weighted by molar-refractivity contribution is 0.482. The highest BCUT2D eigenvalue weighted by Gasteiger charge is 2.10. The van der Waals surface area contributed by atoms with E-state index in [2.05, 4.69) is 32.8 Å². The summed E-state index contributed by atoms with van der Waals surface area (Å²) >= 11 is 3.45. The van der Waals surface area contributed by atoms with Gasteiger partial charge in [-0.25, -0.2) is 4.98 Å². The molecule has 0 fully saturated rings. The van der Waals surface area contributed by atoms with Gasteiger partial charge >= 0.3 is 0 Å². The van der Waals surface area contributed by atoms with E-state index in [4.69, 9.17) is 9.72 Å². The zero-order valence-electron chi connectivity index (χ0n) is 14.7. The summed E-state index contributed by atoms with van der Waals surface area (Å²) < 4.78 is 9.00. The van der Waals surface area contributed by atoms with Gasteiger partial charge in [0.05, 0.1) is 16.7 Å². The maximum atomic E-state index is 5.95. The maximum absolute atomic E-state index is 5.95. The fourth-order valence-corrected chi connectivity index (χ4v) is 3.02. The smallest absolute Gasteiger partial charge is 0.208 e. The van der Waals surface area contributed by atoms with Crippen LogP contribution in [-0.4, -0.2) is 14.5 Å². The predicted molar refractivity (Wildman–Crippen MR) is 113 cm³/mol. The summed E-state index contributed by atoms with van der Waals surface area (Å²) in [6.45, 7) is 3.73. The summed E-state index contributed by atoms with van der Waals surface area (Å²) in [5.74, 6) is 2.20. The molecule has 5 nitrogen and oxygen atoms in total. The number of halogens is 1. The third-order valence-electron chi connectivity index (χ3n) is 4.15. The van der Waals surface area contributed by atoms with E-state index in [1.807, 2.05) is 66.2 Å². The fraction of sp³-hybridized carbons (Fsp3) is 0.0476. The molecule has 0 radical (unpaired) electrons. The number of imidazole rings is 1. The molecule has 0 aliphatic heterocycles. The standard InChI is InChI=1S/C21H17BrN4O/c1-3-15-12-18(10-11-23-15)27-17-8-9-20-19(13-17)25-21(26(20)2)24-16-6-4-14(22)5-7-16/h3-13H,1H2,2H3,(H,24,25). The Bertz CT molecular complexity index is 1120. The molecule has 1 N–H and O–H groups in total. The van der Waals surface area contributed by atoms with Gasteiger partial charge in [0.1, 0.15) is 11.5 Å². The number of ether oxygens (including phenoxy) is 1. The summed E-state index contributed by atoms with van der Waals surface area (Å²) in [4.78, 5) is 8.88. The van der Waals surface area contributed by atoms with Crippen molar-refractivity contribution in [1.82, 2.24) is 14.5 Å². The van der Waals surface area contributed by atoms with Crippen molar-refractivity contribution in [2.24, 2.45) is 7.05 Å². The monoisotopic (exact) mass is 420 g/mol. The quantitative estimate of drug-likeness (QED) is 0.435. The Morgan fingerprint density at radius 1 is 1.07 bits per heavy atom. The molecule has 2 heterocycles. The van der Waals surface area contributed by atoms with Crippen LogP contribution in [0.3, 0.4) is 0 Å². The topological polar surface area (TPSA) is 52.0 Å². The average Bonchev–Trinajstić information content (AvgIpc) is 2.99. The first-order valence-electron chi connectivity index (χ1n) is 8.38. The van der Waals surface area contributed by atoms with Crippen LogP contribution in [0.4, 0.5) is 11.6 Å². The van der Waals surface area contributed by atoms with Crippen LogP contribution < -0.4 is 10.1 Å². The fourth-order valence-electron chi connectivity index (χ4n) is 2.76. The van der Waals surface area contributed by atoms with Gasteiger partial charge in [0, 0.05) is 35.5 Å². The van der Waals surface area contributed by atoms with E-state index in [9.17, 15) is 0 Å². The molecular formula is C21H17BrN4O. The van der Waals surface area contributed by atoms with E-state index in [-0.39, 0.29) is 0 Å². The number of nitrogens with zero attached hydrogens (tertiary/aromatic N) is 3. The Kier molecular flexibility index (Phi) is 4.64. The molecule has 0 aliphatic carbocycles. The van der Waals surface area contributed by atoms with Crippen molar-refractivity contribution in [2.45, 2.75) is 0 Å². The van der Waals surface area contributed by atoms with Crippen LogP contribution in [0, 0.1) is 0 Å². The van der Waals surface area contributed by atoms with Gasteiger partial charge in [-0.2, -0.15) is 0 Å². The third-order valence-corrected chi connectivity index (χ3v) is 4.68. The van der Waals surface area contributed by atoms with E-state index in [0.717, 1.165) is 38.6 Å². The van der Waals surface area contributed by atoms with E-state index in [1.165, 1.54) is 0 Å². The predicted octanol–water partition coefficient (Wildman–Crippen LogP) is 5.91. The van der Waals surface area contributed by atoms with Crippen LogP contribution in [0.5, 0.6) is 11.5 Å². The molecule has 0 amide bonds. The van der Waals surface area contributed by atoms with Crippen molar-refractivity contribution in [3.8, 4) is 11.5 Å². The normalized spacial score (nSPS) is 10.7. The summed E-state index contributed by atoms with van der Waals surface area (Å²) in [5.41, 5.74) is 3.62. The molecule has 0 unspecified atom stereocenters. The number of anilines is 2. The molecule has 27 heavy (non-hydrogen) atoms. The highest BCUT2D eigenvalue weighted by molar-refractivity contribution is 9.10. The van der Waals surface area contributed by atoms with E-state index in [1.54, 1.807) is 12.3 Å². The van der Waals surface area contributed by atoms with Gasteiger partial charge in [-0.15, -0.1) is 0 Å². The first-order chi connectivity index (χ1) is 13.1. The van der Waals surface area contributed by atoms with Gasteiger partial charge in [-0.3, -0.25) is 4.98 Å². The van der Waals surface area contributed by atoms with E-state index in [0.29, 0.717) is 5.75 Å². The van der Waals surface area contributed by atoms with E-state index >= 15 is 0 Å². The van der Waals surface area contributed by atoms with E-state index < -0.39 is 0 Å². The van der Waals surface area contributed by atoms with Gasteiger partial charge < -0.3 is 14.6 Å². The molecule has 0 aliphatic rings. The number of rotatable bonds is 5. The van der Waals surface area contributed by atoms with Crippen LogP contribution in [0.15, 0.2) is 71.8 Å². The first kappa shape index (κ1) is 17.3. The number of aryl methyl sites for hydroxylation is 1.